The lowest BCUT2D eigenvalue weighted by Gasteiger charge is -2.35. The van der Waals surface area contributed by atoms with Gasteiger partial charge in [-0.2, -0.15) is 0 Å². The first-order valence-corrected chi connectivity index (χ1v) is 11.8. The Hall–Kier alpha value is -3.14. The molecule has 0 saturated carbocycles. The van der Waals surface area contributed by atoms with Crippen LogP contribution >= 0.6 is 11.3 Å². The molecule has 178 valence electrons. The van der Waals surface area contributed by atoms with Crippen molar-refractivity contribution < 1.29 is 19.1 Å². The maximum Gasteiger partial charge on any atom is 0.426 e. The number of aryl methyl sites for hydroxylation is 2. The molecule has 9 nitrogen and oxygen atoms in total. The molecular weight excluding hydrogens is 442 g/mol. The number of aromatic nitrogens is 1. The van der Waals surface area contributed by atoms with E-state index in [9.17, 15) is 14.4 Å². The minimum atomic E-state index is -0.706. The zero-order valence-electron chi connectivity index (χ0n) is 19.5. The summed E-state index contributed by atoms with van der Waals surface area (Å²) in [6, 6.07) is 7.75. The third kappa shape index (κ3) is 7.45. The number of hydrazine groups is 1. The second kappa shape index (κ2) is 10.7. The molecule has 2 aromatic rings. The summed E-state index contributed by atoms with van der Waals surface area (Å²) in [6.45, 7) is 9.94. The number of piperazine rings is 1. The molecule has 2 aromatic heterocycles. The van der Waals surface area contributed by atoms with E-state index in [0.717, 1.165) is 55.3 Å². The van der Waals surface area contributed by atoms with Crippen molar-refractivity contribution in [1.29, 1.82) is 0 Å². The van der Waals surface area contributed by atoms with Crippen molar-refractivity contribution in [2.24, 2.45) is 0 Å². The van der Waals surface area contributed by atoms with Crippen molar-refractivity contribution in [1.82, 2.24) is 20.7 Å². The van der Waals surface area contributed by atoms with E-state index in [-0.39, 0.29) is 11.8 Å². The molecule has 1 saturated heterocycles. The average Bonchev–Trinajstić information content (AvgIpc) is 3.24. The molecule has 0 radical (unpaired) electrons. The van der Waals surface area contributed by atoms with Crippen LogP contribution in [0.1, 0.15) is 47.9 Å². The average molecular weight is 474 g/mol. The van der Waals surface area contributed by atoms with Gasteiger partial charge in [0.25, 0.3) is 5.91 Å². The highest BCUT2D eigenvalue weighted by molar-refractivity contribution is 7.14. The van der Waals surface area contributed by atoms with Crippen LogP contribution in [0.15, 0.2) is 30.5 Å². The van der Waals surface area contributed by atoms with Gasteiger partial charge in [-0.25, -0.2) is 10.2 Å². The molecular formula is C23H31N5O4S. The molecule has 1 fully saturated rings. The number of anilines is 1. The number of ether oxygens (including phenoxy) is 1. The summed E-state index contributed by atoms with van der Waals surface area (Å²) in [6.07, 6.45) is 2.70. The smallest absolute Gasteiger partial charge is 0.426 e. The third-order valence-electron chi connectivity index (χ3n) is 5.09. The van der Waals surface area contributed by atoms with Gasteiger partial charge in [0.15, 0.2) is 0 Å². The lowest BCUT2D eigenvalue weighted by atomic mass is 10.2. The van der Waals surface area contributed by atoms with Crippen molar-refractivity contribution in [3.8, 4) is 0 Å². The van der Waals surface area contributed by atoms with Crippen molar-refractivity contribution in [2.75, 3.05) is 31.1 Å². The van der Waals surface area contributed by atoms with E-state index >= 15 is 0 Å². The monoisotopic (exact) mass is 473 g/mol. The second-order valence-corrected chi connectivity index (χ2v) is 10.0. The van der Waals surface area contributed by atoms with Gasteiger partial charge in [-0.3, -0.25) is 20.0 Å². The fraction of sp³-hybridized carbons (Fsp3) is 0.478. The number of rotatable bonds is 5. The highest BCUT2D eigenvalue weighted by Gasteiger charge is 2.19. The summed E-state index contributed by atoms with van der Waals surface area (Å²) < 4.78 is 5.09. The molecule has 0 aromatic carbocycles. The Morgan fingerprint density at radius 1 is 1.03 bits per heavy atom. The minimum absolute atomic E-state index is 0.122. The van der Waals surface area contributed by atoms with Gasteiger partial charge in [0, 0.05) is 43.7 Å². The Bertz CT molecular complexity index is 975. The Morgan fingerprint density at radius 2 is 1.76 bits per heavy atom. The fourth-order valence-corrected chi connectivity index (χ4v) is 4.29. The predicted octanol–water partition coefficient (Wildman–Crippen LogP) is 2.77. The molecule has 0 atom stereocenters. The molecule has 1 aliphatic heterocycles. The second-order valence-electron chi connectivity index (χ2n) is 8.85. The lowest BCUT2D eigenvalue weighted by Crippen LogP contribution is -2.48. The van der Waals surface area contributed by atoms with E-state index in [1.54, 1.807) is 33.8 Å². The maximum atomic E-state index is 12.2. The van der Waals surface area contributed by atoms with Gasteiger partial charge < -0.3 is 14.5 Å². The number of nitrogens with one attached hydrogen (secondary N) is 2. The van der Waals surface area contributed by atoms with Gasteiger partial charge in [0.1, 0.15) is 5.60 Å². The number of carbonyl (C=O) groups excluding carboxylic acids is 3. The first-order chi connectivity index (χ1) is 15.6. The quantitative estimate of drug-likeness (QED) is 0.647. The number of pyridine rings is 1. The number of thiophene rings is 1. The molecule has 3 heterocycles. The fourth-order valence-electron chi connectivity index (χ4n) is 3.39. The summed E-state index contributed by atoms with van der Waals surface area (Å²) in [4.78, 5) is 45.6. The zero-order chi connectivity index (χ0) is 24.0. The van der Waals surface area contributed by atoms with Gasteiger partial charge in [0.2, 0.25) is 5.91 Å². The van der Waals surface area contributed by atoms with Crippen molar-refractivity contribution in [2.45, 2.75) is 46.1 Å². The van der Waals surface area contributed by atoms with Crippen molar-refractivity contribution in [3.63, 3.8) is 0 Å². The number of carbonyl (C=O) groups is 3. The van der Waals surface area contributed by atoms with Gasteiger partial charge in [-0.1, -0.05) is 0 Å². The first kappa shape index (κ1) is 24.5. The number of hydrogen-bond acceptors (Lipinski definition) is 7. The molecule has 0 unspecified atom stereocenters. The van der Waals surface area contributed by atoms with Gasteiger partial charge >= 0.3 is 6.09 Å². The van der Waals surface area contributed by atoms with Crippen molar-refractivity contribution in [3.05, 3.63) is 45.9 Å². The van der Waals surface area contributed by atoms with Gasteiger partial charge in [-0.05, 0) is 57.9 Å². The summed E-state index contributed by atoms with van der Waals surface area (Å²) in [5, 5.41) is 0. The van der Waals surface area contributed by atoms with Gasteiger partial charge in [-0.15, -0.1) is 11.3 Å². The molecule has 3 amide bonds. The van der Waals surface area contributed by atoms with E-state index in [1.165, 1.54) is 11.3 Å². The van der Waals surface area contributed by atoms with Crippen LogP contribution in [0.25, 0.3) is 0 Å². The largest absolute Gasteiger partial charge is 0.443 e. The van der Waals surface area contributed by atoms with Crippen LogP contribution in [0, 0.1) is 0 Å². The van der Waals surface area contributed by atoms with Crippen molar-refractivity contribution >= 4 is 34.9 Å². The molecule has 10 heteroatoms. The molecule has 3 rings (SSSR count). The number of hydrogen-bond donors (Lipinski definition) is 2. The van der Waals surface area contributed by atoms with E-state index in [0.29, 0.717) is 4.88 Å². The SMILES string of the molecule is CC(=O)N1CCN(c2ccc(CCc3ccc(C(=O)NNC(=O)OC(C)(C)C)s3)nc2)CC1. The number of amides is 3. The molecule has 1 aliphatic rings. The first-order valence-electron chi connectivity index (χ1n) is 10.9. The predicted molar refractivity (Wildman–Crippen MR) is 127 cm³/mol. The zero-order valence-corrected chi connectivity index (χ0v) is 20.3. The van der Waals surface area contributed by atoms with Gasteiger partial charge in [0.05, 0.1) is 16.8 Å². The summed E-state index contributed by atoms with van der Waals surface area (Å²) in [5.74, 6) is -0.263. The van der Waals surface area contributed by atoms with E-state index in [4.69, 9.17) is 4.74 Å². The topological polar surface area (TPSA) is 104 Å². The van der Waals surface area contributed by atoms with Crippen LogP contribution in [0.4, 0.5) is 10.5 Å². The maximum absolute atomic E-state index is 12.2. The highest BCUT2D eigenvalue weighted by Crippen LogP contribution is 2.20. The molecule has 2 N–H and O–H groups in total. The normalized spacial score (nSPS) is 14.1. The minimum Gasteiger partial charge on any atom is -0.443 e. The Morgan fingerprint density at radius 3 is 2.36 bits per heavy atom. The molecule has 0 aliphatic carbocycles. The molecule has 0 spiro atoms. The Labute approximate surface area is 198 Å². The summed E-state index contributed by atoms with van der Waals surface area (Å²) in [5.41, 5.74) is 6.03. The van der Waals surface area contributed by atoms with E-state index in [2.05, 4.69) is 26.8 Å². The highest BCUT2D eigenvalue weighted by atomic mass is 32.1. The van der Waals surface area contributed by atoms with Crippen LogP contribution in [0.2, 0.25) is 0 Å². The summed E-state index contributed by atoms with van der Waals surface area (Å²) >= 11 is 1.38. The van der Waals surface area contributed by atoms with Crippen LogP contribution in [-0.2, 0) is 22.4 Å². The lowest BCUT2D eigenvalue weighted by molar-refractivity contribution is -0.129. The van der Waals surface area contributed by atoms with Crippen LogP contribution in [0.5, 0.6) is 0 Å². The standard InChI is InChI=1S/C23H31N5O4S/c1-16(29)27-11-13-28(14-12-27)18-7-5-17(24-15-18)6-8-19-9-10-20(33-19)21(30)25-26-22(31)32-23(2,3)4/h5,7,9-10,15H,6,8,11-14H2,1-4H3,(H,25,30)(H,26,31). The van der Waals surface area contributed by atoms with Crippen LogP contribution < -0.4 is 15.8 Å². The molecule has 33 heavy (non-hydrogen) atoms. The van der Waals surface area contributed by atoms with Crippen LogP contribution in [0.3, 0.4) is 0 Å². The Balaban J connectivity index is 1.45. The third-order valence-corrected chi connectivity index (χ3v) is 6.23. The van der Waals surface area contributed by atoms with E-state index in [1.807, 2.05) is 23.2 Å². The molecule has 0 bridgehead atoms. The Kier molecular flexibility index (Phi) is 7.91. The van der Waals surface area contributed by atoms with Crippen LogP contribution in [-0.4, -0.2) is 59.6 Å². The number of nitrogens with zero attached hydrogens (tertiary/aromatic N) is 3. The summed E-state index contributed by atoms with van der Waals surface area (Å²) in [7, 11) is 0. The van der Waals surface area contributed by atoms with E-state index < -0.39 is 11.7 Å².